The zero-order chi connectivity index (χ0) is 20.5. The van der Waals surface area contributed by atoms with Crippen molar-refractivity contribution in [2.75, 3.05) is 4.90 Å². The first-order valence-electron chi connectivity index (χ1n) is 9.78. The third-order valence-corrected chi connectivity index (χ3v) is 5.36. The van der Waals surface area contributed by atoms with Gasteiger partial charge in [-0.15, -0.1) is 0 Å². The summed E-state index contributed by atoms with van der Waals surface area (Å²) in [7, 11) is 0. The predicted molar refractivity (Wildman–Crippen MR) is 111 cm³/mol. The second kappa shape index (κ2) is 7.54. The number of amides is 1. The minimum absolute atomic E-state index is 0.000188. The van der Waals surface area contributed by atoms with E-state index in [9.17, 15) is 15.0 Å². The van der Waals surface area contributed by atoms with Gasteiger partial charge in [0.25, 0.3) is 5.91 Å². The fraction of sp³-hybridized carbons (Fsp3) is 0.261. The lowest BCUT2D eigenvalue weighted by Crippen LogP contribution is -2.42. The second-order valence-corrected chi connectivity index (χ2v) is 7.32. The van der Waals surface area contributed by atoms with Gasteiger partial charge < -0.3 is 15.1 Å². The molecular formula is C23H23N3O3. The largest absolute Gasteiger partial charge is 0.508 e. The van der Waals surface area contributed by atoms with Gasteiger partial charge in [0.1, 0.15) is 17.3 Å². The van der Waals surface area contributed by atoms with E-state index in [0.717, 1.165) is 47.6 Å². The Morgan fingerprint density at radius 3 is 2.76 bits per heavy atom. The van der Waals surface area contributed by atoms with Crippen molar-refractivity contribution in [3.63, 3.8) is 0 Å². The molecule has 2 heterocycles. The Morgan fingerprint density at radius 1 is 1.17 bits per heavy atom. The van der Waals surface area contributed by atoms with E-state index in [1.807, 2.05) is 32.0 Å². The third kappa shape index (κ3) is 3.53. The van der Waals surface area contributed by atoms with Crippen molar-refractivity contribution in [1.82, 2.24) is 9.97 Å². The van der Waals surface area contributed by atoms with Gasteiger partial charge in [0, 0.05) is 36.0 Å². The van der Waals surface area contributed by atoms with Gasteiger partial charge in [0.2, 0.25) is 0 Å². The fourth-order valence-corrected chi connectivity index (χ4v) is 3.78. The summed E-state index contributed by atoms with van der Waals surface area (Å²) in [5, 5.41) is 19.7. The van der Waals surface area contributed by atoms with E-state index < -0.39 is 0 Å². The minimum Gasteiger partial charge on any atom is -0.508 e. The van der Waals surface area contributed by atoms with E-state index in [1.54, 1.807) is 11.1 Å². The molecule has 0 radical (unpaired) electrons. The van der Waals surface area contributed by atoms with Crippen molar-refractivity contribution < 1.29 is 15.0 Å². The highest BCUT2D eigenvalue weighted by Crippen LogP contribution is 2.36. The lowest BCUT2D eigenvalue weighted by atomic mass is 9.93. The lowest BCUT2D eigenvalue weighted by Gasteiger charge is -2.35. The van der Waals surface area contributed by atoms with Gasteiger partial charge in [-0.3, -0.25) is 4.79 Å². The number of carbonyl (C=O) groups excluding carboxylic acids is 1. The Balaban J connectivity index is 1.73. The molecule has 4 rings (SSSR count). The van der Waals surface area contributed by atoms with Crippen molar-refractivity contribution in [3.05, 3.63) is 65.6 Å². The molecule has 0 unspecified atom stereocenters. The fourth-order valence-electron chi connectivity index (χ4n) is 3.78. The molecule has 1 aliphatic rings. The Hall–Kier alpha value is -3.41. The molecule has 0 aliphatic carbocycles. The number of benzene rings is 2. The normalized spacial score (nSPS) is 15.8. The highest BCUT2D eigenvalue weighted by molar-refractivity contribution is 6.09. The van der Waals surface area contributed by atoms with Crippen LogP contribution in [0.3, 0.4) is 0 Å². The van der Waals surface area contributed by atoms with Crippen LogP contribution in [0, 0.1) is 0 Å². The smallest absolute Gasteiger partial charge is 0.262 e. The number of aromatic hydroxyl groups is 2. The number of phenolic OH excluding ortho intramolecular Hbond substituents is 2. The lowest BCUT2D eigenvalue weighted by molar-refractivity contribution is 0.0972. The molecule has 0 spiro atoms. The van der Waals surface area contributed by atoms with Crippen LogP contribution in [0.4, 0.5) is 5.69 Å². The molecule has 6 nitrogen and oxygen atoms in total. The maximum absolute atomic E-state index is 13.2. The topological polar surface area (TPSA) is 86.6 Å². The summed E-state index contributed by atoms with van der Waals surface area (Å²) in [6.45, 7) is 4.03. The Morgan fingerprint density at radius 2 is 2.00 bits per heavy atom. The van der Waals surface area contributed by atoms with Crippen LogP contribution in [-0.2, 0) is 12.8 Å². The van der Waals surface area contributed by atoms with Crippen LogP contribution in [0.2, 0.25) is 0 Å². The first-order valence-corrected chi connectivity index (χ1v) is 9.78. The van der Waals surface area contributed by atoms with E-state index >= 15 is 0 Å². The number of aryl methyl sites for hydroxylation is 2. The highest BCUT2D eigenvalue weighted by atomic mass is 16.3. The van der Waals surface area contributed by atoms with Crippen molar-refractivity contribution in [3.8, 4) is 22.8 Å². The third-order valence-electron chi connectivity index (χ3n) is 5.36. The van der Waals surface area contributed by atoms with Crippen molar-refractivity contribution >= 4 is 11.6 Å². The SMILES string of the molecule is CCc1nccc(-c2ccc3c(c2)CC[C@H](C)N3C(=O)c2ccc(O)cc2O)n1. The molecule has 0 saturated heterocycles. The number of nitrogens with zero attached hydrogens (tertiary/aromatic N) is 3. The van der Waals surface area contributed by atoms with Crippen LogP contribution in [-0.4, -0.2) is 32.1 Å². The molecular weight excluding hydrogens is 366 g/mol. The summed E-state index contributed by atoms with van der Waals surface area (Å²) in [6, 6.07) is 11.9. The van der Waals surface area contributed by atoms with Crippen LogP contribution in [0.25, 0.3) is 11.3 Å². The Kier molecular flexibility index (Phi) is 4.92. The summed E-state index contributed by atoms with van der Waals surface area (Å²) in [5.74, 6) is 0.221. The average Bonchev–Trinajstić information content (AvgIpc) is 2.73. The molecule has 2 aromatic carbocycles. The summed E-state index contributed by atoms with van der Waals surface area (Å²) < 4.78 is 0. The quantitative estimate of drug-likeness (QED) is 0.704. The molecule has 0 bridgehead atoms. The van der Waals surface area contributed by atoms with E-state index in [0.29, 0.717) is 0 Å². The van der Waals surface area contributed by atoms with Crippen molar-refractivity contribution in [2.24, 2.45) is 0 Å². The molecule has 2 N–H and O–H groups in total. The van der Waals surface area contributed by atoms with Crippen LogP contribution in [0.5, 0.6) is 11.5 Å². The predicted octanol–water partition coefficient (Wildman–Crippen LogP) is 4.10. The van der Waals surface area contributed by atoms with E-state index in [4.69, 9.17) is 0 Å². The van der Waals surface area contributed by atoms with Gasteiger partial charge in [0.15, 0.2) is 0 Å². The highest BCUT2D eigenvalue weighted by Gasteiger charge is 2.30. The Labute approximate surface area is 169 Å². The monoisotopic (exact) mass is 389 g/mol. The van der Waals surface area contributed by atoms with E-state index in [1.165, 1.54) is 18.2 Å². The van der Waals surface area contributed by atoms with Gasteiger partial charge in [-0.2, -0.15) is 0 Å². The number of hydrogen-bond donors (Lipinski definition) is 2. The first-order chi connectivity index (χ1) is 14.0. The molecule has 1 aliphatic heterocycles. The van der Waals surface area contributed by atoms with Crippen LogP contribution in [0.15, 0.2) is 48.7 Å². The maximum atomic E-state index is 13.2. The van der Waals surface area contributed by atoms with Gasteiger partial charge in [-0.1, -0.05) is 13.0 Å². The van der Waals surface area contributed by atoms with Crippen LogP contribution in [0.1, 0.15) is 42.0 Å². The van der Waals surface area contributed by atoms with Gasteiger partial charge in [-0.05, 0) is 55.7 Å². The van der Waals surface area contributed by atoms with Crippen LogP contribution >= 0.6 is 0 Å². The number of hydrogen-bond acceptors (Lipinski definition) is 5. The number of fused-ring (bicyclic) bond motifs is 1. The van der Waals surface area contributed by atoms with E-state index in [-0.39, 0.29) is 29.0 Å². The Bertz CT molecular complexity index is 1080. The molecule has 0 saturated carbocycles. The number of carbonyl (C=O) groups is 1. The zero-order valence-corrected chi connectivity index (χ0v) is 16.5. The van der Waals surface area contributed by atoms with Crippen LogP contribution < -0.4 is 4.90 Å². The molecule has 1 aromatic heterocycles. The van der Waals surface area contributed by atoms with Crippen molar-refractivity contribution in [2.45, 2.75) is 39.2 Å². The van der Waals surface area contributed by atoms with Gasteiger partial charge >= 0.3 is 0 Å². The summed E-state index contributed by atoms with van der Waals surface area (Å²) in [5.41, 5.74) is 3.95. The van der Waals surface area contributed by atoms with Gasteiger partial charge in [-0.25, -0.2) is 9.97 Å². The average molecular weight is 389 g/mol. The summed E-state index contributed by atoms with van der Waals surface area (Å²) in [6.07, 6.45) is 4.23. The van der Waals surface area contributed by atoms with Gasteiger partial charge in [0.05, 0.1) is 11.3 Å². The van der Waals surface area contributed by atoms with Crippen molar-refractivity contribution in [1.29, 1.82) is 0 Å². The number of aromatic nitrogens is 2. The molecule has 0 fully saturated rings. The zero-order valence-electron chi connectivity index (χ0n) is 16.5. The number of phenols is 2. The molecule has 1 amide bonds. The standard InChI is InChI=1S/C23H23N3O3/c1-3-22-24-11-10-19(25-22)15-6-9-20-16(12-15)5-4-14(2)26(20)23(29)18-8-7-17(27)13-21(18)28/h6-14,27-28H,3-5H2,1-2H3/t14-/m0/s1. The molecule has 6 heteroatoms. The molecule has 29 heavy (non-hydrogen) atoms. The number of rotatable bonds is 3. The molecule has 1 atom stereocenters. The summed E-state index contributed by atoms with van der Waals surface area (Å²) >= 11 is 0. The van der Waals surface area contributed by atoms with E-state index in [2.05, 4.69) is 16.0 Å². The number of anilines is 1. The minimum atomic E-state index is -0.279. The summed E-state index contributed by atoms with van der Waals surface area (Å²) in [4.78, 5) is 23.8. The molecule has 148 valence electrons. The maximum Gasteiger partial charge on any atom is 0.262 e. The first kappa shape index (κ1) is 18.9. The molecule has 3 aromatic rings. The second-order valence-electron chi connectivity index (χ2n) is 7.32.